The van der Waals surface area contributed by atoms with Crippen molar-refractivity contribution in [3.8, 4) is 0 Å². The zero-order valence-electron chi connectivity index (χ0n) is 7.29. The summed E-state index contributed by atoms with van der Waals surface area (Å²) in [4.78, 5) is 34.0. The summed E-state index contributed by atoms with van der Waals surface area (Å²) >= 11 is 11.5. The van der Waals surface area contributed by atoms with E-state index in [1.165, 1.54) is 12.1 Å². The first-order chi connectivity index (χ1) is 6.96. The maximum absolute atomic E-state index is 11.4. The summed E-state index contributed by atoms with van der Waals surface area (Å²) in [5.74, 6) is -3.11. The van der Waals surface area contributed by atoms with Crippen LogP contribution in [0.2, 0.25) is 0 Å². The number of rotatable bonds is 0. The maximum Gasteiger partial charge on any atom is 0.272 e. The van der Waals surface area contributed by atoms with Crippen molar-refractivity contribution in [2.24, 2.45) is 0 Å². The lowest BCUT2D eigenvalue weighted by Crippen LogP contribution is -2.41. The van der Waals surface area contributed by atoms with Crippen molar-refractivity contribution in [2.75, 3.05) is 0 Å². The number of hydrogen-bond acceptors (Lipinski definition) is 3. The van der Waals surface area contributed by atoms with Crippen molar-refractivity contribution in [1.29, 1.82) is 0 Å². The lowest BCUT2D eigenvalue weighted by atomic mass is 9.88. The highest BCUT2D eigenvalue weighted by Gasteiger charge is 2.49. The van der Waals surface area contributed by atoms with E-state index < -0.39 is 21.7 Å². The lowest BCUT2D eigenvalue weighted by molar-refractivity contribution is -0.134. The van der Waals surface area contributed by atoms with Crippen LogP contribution in [0.4, 0.5) is 0 Å². The molecule has 76 valence electrons. The summed E-state index contributed by atoms with van der Waals surface area (Å²) < 4.78 is -1.94. The van der Waals surface area contributed by atoms with Gasteiger partial charge in [-0.05, 0) is 0 Å². The number of ketones is 3. The molecule has 2 rings (SSSR count). The summed E-state index contributed by atoms with van der Waals surface area (Å²) in [6.45, 7) is 0. The molecule has 15 heavy (non-hydrogen) atoms. The molecule has 0 bridgehead atoms. The first-order valence-electron chi connectivity index (χ1n) is 4.07. The molecule has 0 aliphatic heterocycles. The monoisotopic (exact) mass is 242 g/mol. The second-order valence-electron chi connectivity index (χ2n) is 3.11. The molecule has 0 saturated carbocycles. The quantitative estimate of drug-likeness (QED) is 0.514. The molecule has 1 aliphatic rings. The molecule has 0 N–H and O–H groups in total. The minimum absolute atomic E-state index is 0.0899. The van der Waals surface area contributed by atoms with Crippen molar-refractivity contribution in [1.82, 2.24) is 0 Å². The molecular weight excluding hydrogens is 239 g/mol. The van der Waals surface area contributed by atoms with E-state index in [1.807, 2.05) is 0 Å². The highest BCUT2D eigenvalue weighted by atomic mass is 35.5. The molecule has 1 aromatic rings. The predicted octanol–water partition coefficient (Wildman–Crippen LogP) is 1.65. The molecule has 0 fully saturated rings. The van der Waals surface area contributed by atoms with Gasteiger partial charge in [-0.15, -0.1) is 0 Å². The van der Waals surface area contributed by atoms with Crippen molar-refractivity contribution < 1.29 is 14.4 Å². The molecule has 0 aromatic heterocycles. The van der Waals surface area contributed by atoms with E-state index in [2.05, 4.69) is 0 Å². The van der Waals surface area contributed by atoms with Gasteiger partial charge in [0.05, 0.1) is 0 Å². The minimum Gasteiger partial charge on any atom is -0.286 e. The van der Waals surface area contributed by atoms with Gasteiger partial charge in [-0.1, -0.05) is 47.5 Å². The third-order valence-corrected chi connectivity index (χ3v) is 2.96. The van der Waals surface area contributed by atoms with Crippen LogP contribution in [0.15, 0.2) is 24.3 Å². The zero-order chi connectivity index (χ0) is 11.2. The Morgan fingerprint density at radius 1 is 0.933 bits per heavy atom. The summed E-state index contributed by atoms with van der Waals surface area (Å²) in [5, 5.41) is 0. The Morgan fingerprint density at radius 3 is 2.20 bits per heavy atom. The fourth-order valence-corrected chi connectivity index (χ4v) is 1.95. The average Bonchev–Trinajstić information content (AvgIpc) is 2.24. The molecule has 0 atom stereocenters. The SMILES string of the molecule is O=C1C(=O)c2ccccc2C(Cl)(Cl)C1=O. The standard InChI is InChI=1S/C10H4Cl2O3/c11-10(12)6-4-2-1-3-5(6)7(13)8(14)9(10)15/h1-4H. The van der Waals surface area contributed by atoms with E-state index in [-0.39, 0.29) is 11.1 Å². The zero-order valence-corrected chi connectivity index (χ0v) is 8.80. The normalized spacial score (nSPS) is 18.9. The van der Waals surface area contributed by atoms with Crippen LogP contribution in [0.5, 0.6) is 0 Å². The molecule has 3 nitrogen and oxygen atoms in total. The largest absolute Gasteiger partial charge is 0.286 e. The second kappa shape index (κ2) is 3.15. The van der Waals surface area contributed by atoms with E-state index in [9.17, 15) is 14.4 Å². The smallest absolute Gasteiger partial charge is 0.272 e. The van der Waals surface area contributed by atoms with Crippen LogP contribution in [0, 0.1) is 0 Å². The van der Waals surface area contributed by atoms with Crippen LogP contribution in [0.1, 0.15) is 15.9 Å². The van der Waals surface area contributed by atoms with Crippen molar-refractivity contribution in [2.45, 2.75) is 4.33 Å². The van der Waals surface area contributed by atoms with Crippen LogP contribution < -0.4 is 0 Å². The highest BCUT2D eigenvalue weighted by Crippen LogP contribution is 2.40. The predicted molar refractivity (Wildman–Crippen MR) is 54.2 cm³/mol. The number of benzene rings is 1. The third kappa shape index (κ3) is 1.31. The Kier molecular flexibility index (Phi) is 2.17. The van der Waals surface area contributed by atoms with Gasteiger partial charge in [-0.3, -0.25) is 14.4 Å². The number of alkyl halides is 2. The molecule has 0 heterocycles. The topological polar surface area (TPSA) is 51.2 Å². The Morgan fingerprint density at radius 2 is 1.53 bits per heavy atom. The number of halogens is 2. The summed E-state index contributed by atoms with van der Waals surface area (Å²) in [5.41, 5.74) is 0.259. The van der Waals surface area contributed by atoms with Gasteiger partial charge >= 0.3 is 0 Å². The van der Waals surface area contributed by atoms with Crippen molar-refractivity contribution >= 4 is 40.6 Å². The molecule has 0 radical (unpaired) electrons. The fourth-order valence-electron chi connectivity index (χ4n) is 1.45. The van der Waals surface area contributed by atoms with Crippen LogP contribution in [-0.2, 0) is 13.9 Å². The molecule has 1 aromatic carbocycles. The van der Waals surface area contributed by atoms with Gasteiger partial charge in [-0.25, -0.2) is 0 Å². The first kappa shape index (κ1) is 10.3. The van der Waals surface area contributed by atoms with Gasteiger partial charge in [0.2, 0.25) is 15.9 Å². The lowest BCUT2D eigenvalue weighted by Gasteiger charge is -2.24. The molecular formula is C10H4Cl2O3. The van der Waals surface area contributed by atoms with Gasteiger partial charge in [0.15, 0.2) is 0 Å². The number of Topliss-reactive ketones (excluding diaryl/α,β-unsaturated/α-hetero) is 3. The van der Waals surface area contributed by atoms with Crippen molar-refractivity contribution in [3.63, 3.8) is 0 Å². The van der Waals surface area contributed by atoms with Crippen molar-refractivity contribution in [3.05, 3.63) is 35.4 Å². The van der Waals surface area contributed by atoms with Crippen LogP contribution in [0.3, 0.4) is 0 Å². The summed E-state index contributed by atoms with van der Waals surface area (Å²) in [6, 6.07) is 6.04. The molecule has 5 heteroatoms. The van der Waals surface area contributed by atoms with E-state index in [0.717, 1.165) is 0 Å². The summed E-state index contributed by atoms with van der Waals surface area (Å²) in [6.07, 6.45) is 0. The first-order valence-corrected chi connectivity index (χ1v) is 4.82. The molecule has 0 amide bonds. The molecule has 0 spiro atoms. The minimum atomic E-state index is -1.94. The van der Waals surface area contributed by atoms with Crippen LogP contribution >= 0.6 is 23.2 Å². The van der Waals surface area contributed by atoms with E-state index in [4.69, 9.17) is 23.2 Å². The third-order valence-electron chi connectivity index (χ3n) is 2.21. The number of fused-ring (bicyclic) bond motifs is 1. The number of hydrogen-bond donors (Lipinski definition) is 0. The Bertz CT molecular complexity index is 491. The molecule has 0 saturated heterocycles. The second-order valence-corrected chi connectivity index (χ2v) is 4.43. The number of carbonyl (C=O) groups excluding carboxylic acids is 3. The highest BCUT2D eigenvalue weighted by molar-refractivity contribution is 6.79. The van der Waals surface area contributed by atoms with Gasteiger partial charge in [0, 0.05) is 11.1 Å². The van der Waals surface area contributed by atoms with E-state index >= 15 is 0 Å². The Labute approximate surface area is 95.0 Å². The van der Waals surface area contributed by atoms with Crippen LogP contribution in [-0.4, -0.2) is 17.3 Å². The maximum atomic E-state index is 11.4. The van der Waals surface area contributed by atoms with Gasteiger partial charge in [-0.2, -0.15) is 0 Å². The number of carbonyl (C=O) groups is 3. The van der Waals surface area contributed by atoms with Gasteiger partial charge < -0.3 is 0 Å². The molecule has 0 unspecified atom stereocenters. The molecule has 1 aliphatic carbocycles. The van der Waals surface area contributed by atoms with Crippen LogP contribution in [0.25, 0.3) is 0 Å². The van der Waals surface area contributed by atoms with E-state index in [0.29, 0.717) is 0 Å². The summed E-state index contributed by atoms with van der Waals surface area (Å²) in [7, 11) is 0. The van der Waals surface area contributed by atoms with E-state index in [1.54, 1.807) is 12.1 Å². The average molecular weight is 243 g/mol. The fraction of sp³-hybridized carbons (Fsp3) is 0.100. The van der Waals surface area contributed by atoms with Gasteiger partial charge in [0.1, 0.15) is 0 Å². The van der Waals surface area contributed by atoms with Gasteiger partial charge in [0.25, 0.3) is 5.78 Å². The Balaban J connectivity index is 2.77. The Hall–Kier alpha value is -1.19.